The summed E-state index contributed by atoms with van der Waals surface area (Å²) >= 11 is 0. The van der Waals surface area contributed by atoms with Crippen LogP contribution in [-0.4, -0.2) is 69.4 Å². The molecule has 1 aliphatic carbocycles. The van der Waals surface area contributed by atoms with Crippen LogP contribution in [0.2, 0.25) is 0 Å². The lowest BCUT2D eigenvalue weighted by molar-refractivity contribution is -0.134. The van der Waals surface area contributed by atoms with Crippen LogP contribution in [0.4, 0.5) is 0 Å². The summed E-state index contributed by atoms with van der Waals surface area (Å²) < 4.78 is 1.80. The Morgan fingerprint density at radius 3 is 2.71 bits per heavy atom. The molecule has 116 valence electrons. The van der Waals surface area contributed by atoms with Crippen molar-refractivity contribution in [1.29, 1.82) is 0 Å². The van der Waals surface area contributed by atoms with Crippen molar-refractivity contribution in [3.8, 4) is 0 Å². The number of aromatic nitrogens is 2. The van der Waals surface area contributed by atoms with Gasteiger partial charge in [-0.1, -0.05) is 0 Å². The molecule has 2 fully saturated rings. The van der Waals surface area contributed by atoms with E-state index in [-0.39, 0.29) is 12.0 Å². The topological polar surface area (TPSA) is 61.6 Å². The predicted octanol–water partition coefficient (Wildman–Crippen LogP) is 0.0486. The van der Waals surface area contributed by atoms with Gasteiger partial charge in [-0.05, 0) is 24.8 Å². The average molecular weight is 292 g/mol. The van der Waals surface area contributed by atoms with Crippen LogP contribution in [-0.2, 0) is 11.8 Å². The van der Waals surface area contributed by atoms with Crippen LogP contribution >= 0.6 is 0 Å². The third-order valence-corrected chi connectivity index (χ3v) is 4.47. The van der Waals surface area contributed by atoms with Crippen LogP contribution in [0.1, 0.15) is 24.8 Å². The largest absolute Gasteiger partial charge is 0.392 e. The zero-order chi connectivity index (χ0) is 15.0. The van der Waals surface area contributed by atoms with E-state index >= 15 is 0 Å². The molecule has 1 amide bonds. The number of carbonyl (C=O) groups is 1. The first-order valence-electron chi connectivity index (χ1n) is 7.72. The molecule has 6 heteroatoms. The fourth-order valence-electron chi connectivity index (χ4n) is 3.23. The van der Waals surface area contributed by atoms with E-state index in [9.17, 15) is 9.90 Å². The first kappa shape index (κ1) is 14.5. The normalized spacial score (nSPS) is 27.7. The Bertz CT molecular complexity index is 506. The molecule has 0 aromatic carbocycles. The summed E-state index contributed by atoms with van der Waals surface area (Å²) in [7, 11) is 1.91. The highest BCUT2D eigenvalue weighted by molar-refractivity contribution is 5.83. The second kappa shape index (κ2) is 5.77. The minimum absolute atomic E-state index is 0.150. The molecule has 0 radical (unpaired) electrons. The molecular formula is C15H24N4O2. The van der Waals surface area contributed by atoms with E-state index < -0.39 is 0 Å². The molecule has 0 spiro atoms. The predicted molar refractivity (Wildman–Crippen MR) is 78.8 cm³/mol. The van der Waals surface area contributed by atoms with E-state index in [4.69, 9.17) is 0 Å². The van der Waals surface area contributed by atoms with Crippen molar-refractivity contribution in [3.63, 3.8) is 0 Å². The third-order valence-electron chi connectivity index (χ3n) is 4.47. The van der Waals surface area contributed by atoms with Crippen molar-refractivity contribution in [1.82, 2.24) is 19.6 Å². The lowest BCUT2D eigenvalue weighted by Gasteiger charge is -2.35. The van der Waals surface area contributed by atoms with E-state index in [1.54, 1.807) is 11.6 Å². The summed E-state index contributed by atoms with van der Waals surface area (Å²) in [6.07, 6.45) is 4.54. The number of nitrogens with zero attached hydrogens (tertiary/aromatic N) is 4. The third kappa shape index (κ3) is 3.27. The summed E-state index contributed by atoms with van der Waals surface area (Å²) in [5, 5.41) is 13.6. The molecule has 3 rings (SSSR count). The summed E-state index contributed by atoms with van der Waals surface area (Å²) in [5.41, 5.74) is 1.18. The Hall–Kier alpha value is -1.40. The van der Waals surface area contributed by atoms with Gasteiger partial charge in [-0.2, -0.15) is 5.10 Å². The van der Waals surface area contributed by atoms with Crippen molar-refractivity contribution in [2.75, 3.05) is 32.7 Å². The van der Waals surface area contributed by atoms with Gasteiger partial charge in [0.05, 0.1) is 12.3 Å². The number of carbonyl (C=O) groups excluding carboxylic acids is 1. The minimum Gasteiger partial charge on any atom is -0.392 e. The Morgan fingerprint density at radius 2 is 2.14 bits per heavy atom. The number of rotatable bonds is 4. The van der Waals surface area contributed by atoms with Gasteiger partial charge in [-0.15, -0.1) is 0 Å². The average Bonchev–Trinajstić information content (AvgIpc) is 3.13. The van der Waals surface area contributed by atoms with Gasteiger partial charge in [0.1, 0.15) is 0 Å². The monoisotopic (exact) mass is 292 g/mol. The Labute approximate surface area is 125 Å². The van der Waals surface area contributed by atoms with E-state index in [2.05, 4.69) is 10.00 Å². The van der Waals surface area contributed by atoms with E-state index in [0.717, 1.165) is 32.6 Å². The van der Waals surface area contributed by atoms with Gasteiger partial charge in [0, 0.05) is 51.9 Å². The van der Waals surface area contributed by atoms with Gasteiger partial charge in [-0.25, -0.2) is 0 Å². The highest BCUT2D eigenvalue weighted by Crippen LogP contribution is 2.48. The first-order chi connectivity index (χ1) is 10.0. The molecule has 21 heavy (non-hydrogen) atoms. The van der Waals surface area contributed by atoms with Crippen molar-refractivity contribution < 1.29 is 9.90 Å². The highest BCUT2D eigenvalue weighted by atomic mass is 16.3. The molecule has 1 saturated heterocycles. The van der Waals surface area contributed by atoms with Crippen LogP contribution < -0.4 is 0 Å². The molecule has 1 aromatic heterocycles. The Morgan fingerprint density at radius 1 is 1.43 bits per heavy atom. The maximum atomic E-state index is 12.5. The fraction of sp³-hybridized carbons (Fsp3) is 0.733. The molecule has 1 aliphatic heterocycles. The number of hydrogen-bond donors (Lipinski definition) is 1. The molecule has 1 N–H and O–H groups in total. The first-order valence-corrected chi connectivity index (χ1v) is 7.72. The van der Waals surface area contributed by atoms with Gasteiger partial charge >= 0.3 is 0 Å². The quantitative estimate of drug-likeness (QED) is 0.852. The van der Waals surface area contributed by atoms with Crippen molar-refractivity contribution in [2.45, 2.75) is 25.4 Å². The molecule has 1 saturated carbocycles. The molecule has 3 atom stereocenters. The van der Waals surface area contributed by atoms with Crippen LogP contribution in [0.25, 0.3) is 0 Å². The van der Waals surface area contributed by atoms with E-state index in [0.29, 0.717) is 18.4 Å². The number of piperazine rings is 1. The van der Waals surface area contributed by atoms with E-state index in [1.165, 1.54) is 5.56 Å². The van der Waals surface area contributed by atoms with Gasteiger partial charge < -0.3 is 10.0 Å². The maximum Gasteiger partial charge on any atom is 0.226 e. The standard InChI is InChI=1S/C15H24N4O2/c1-11(20)9-18-3-5-19(6-4-18)15(21)14-7-13(14)12-8-16-17(2)10-12/h8,10-11,13-14,20H,3-7,9H2,1-2H3/t11-,13-,14+/m0/s1. The van der Waals surface area contributed by atoms with E-state index in [1.807, 2.05) is 24.3 Å². The molecule has 2 heterocycles. The molecule has 1 aromatic rings. The molecular weight excluding hydrogens is 268 g/mol. The number of β-amino-alcohol motifs (C(OH)–C–C–N with tert-alkyl or cyclic N) is 1. The van der Waals surface area contributed by atoms with Gasteiger partial charge in [0.25, 0.3) is 0 Å². The van der Waals surface area contributed by atoms with Gasteiger partial charge in [-0.3, -0.25) is 14.4 Å². The second-order valence-corrected chi connectivity index (χ2v) is 6.37. The number of aliphatic hydroxyl groups excluding tert-OH is 1. The summed E-state index contributed by atoms with van der Waals surface area (Å²) in [4.78, 5) is 16.7. The summed E-state index contributed by atoms with van der Waals surface area (Å²) in [6.45, 7) is 5.79. The highest BCUT2D eigenvalue weighted by Gasteiger charge is 2.46. The van der Waals surface area contributed by atoms with Gasteiger partial charge in [0.15, 0.2) is 0 Å². The zero-order valence-corrected chi connectivity index (χ0v) is 12.8. The maximum absolute atomic E-state index is 12.5. The Kier molecular flexibility index (Phi) is 3.99. The van der Waals surface area contributed by atoms with Crippen molar-refractivity contribution in [3.05, 3.63) is 18.0 Å². The summed E-state index contributed by atoms with van der Waals surface area (Å²) in [6, 6.07) is 0. The Balaban J connectivity index is 1.49. The zero-order valence-electron chi connectivity index (χ0n) is 12.8. The lowest BCUT2D eigenvalue weighted by Crippen LogP contribution is -2.50. The second-order valence-electron chi connectivity index (χ2n) is 6.37. The minimum atomic E-state index is -0.300. The number of hydrogen-bond acceptors (Lipinski definition) is 4. The lowest BCUT2D eigenvalue weighted by atomic mass is 10.1. The molecule has 2 aliphatic rings. The number of aryl methyl sites for hydroxylation is 1. The smallest absolute Gasteiger partial charge is 0.226 e. The number of amides is 1. The van der Waals surface area contributed by atoms with Crippen LogP contribution in [0.5, 0.6) is 0 Å². The molecule has 6 nitrogen and oxygen atoms in total. The fourth-order valence-corrected chi connectivity index (χ4v) is 3.23. The van der Waals surface area contributed by atoms with Crippen molar-refractivity contribution >= 4 is 5.91 Å². The van der Waals surface area contributed by atoms with Crippen LogP contribution in [0.3, 0.4) is 0 Å². The SMILES string of the molecule is C[C@H](O)CN1CCN(C(=O)[C@@H]2C[C@H]2c2cnn(C)c2)CC1. The molecule has 0 bridgehead atoms. The van der Waals surface area contributed by atoms with Crippen LogP contribution in [0.15, 0.2) is 12.4 Å². The molecule has 0 unspecified atom stereocenters. The van der Waals surface area contributed by atoms with Crippen LogP contribution in [0, 0.1) is 5.92 Å². The number of aliphatic hydroxyl groups is 1. The van der Waals surface area contributed by atoms with Gasteiger partial charge in [0.2, 0.25) is 5.91 Å². The summed E-state index contributed by atoms with van der Waals surface area (Å²) in [5.74, 6) is 0.805. The van der Waals surface area contributed by atoms with Crippen molar-refractivity contribution in [2.24, 2.45) is 13.0 Å².